The van der Waals surface area contributed by atoms with Gasteiger partial charge in [0.15, 0.2) is 0 Å². The number of halogens is 2. The van der Waals surface area contributed by atoms with Crippen molar-refractivity contribution in [2.24, 2.45) is 0 Å². The van der Waals surface area contributed by atoms with Gasteiger partial charge in [-0.3, -0.25) is 0 Å². The third kappa shape index (κ3) is 2.67. The molecular weight excluding hydrogens is 350 g/mol. The first kappa shape index (κ1) is 15.1. The molecule has 1 aliphatic heterocycles. The molecular formula is C17H19BrClNO. The Labute approximate surface area is 138 Å². The quantitative estimate of drug-likeness (QED) is 0.674. The number of benzene rings is 1. The average Bonchev–Trinajstić information content (AvgIpc) is 2.86. The van der Waals surface area contributed by atoms with E-state index in [0.29, 0.717) is 0 Å². The molecule has 0 amide bonds. The largest absolute Gasteiger partial charge is 0.372 e. The van der Waals surface area contributed by atoms with Crippen molar-refractivity contribution in [3.63, 3.8) is 0 Å². The van der Waals surface area contributed by atoms with Crippen molar-refractivity contribution in [3.8, 4) is 0 Å². The second-order valence-corrected chi connectivity index (χ2v) is 6.71. The predicted octanol–water partition coefficient (Wildman–Crippen LogP) is 5.86. The molecule has 2 nitrogen and oxygen atoms in total. The number of hydrogen-bond donors (Lipinski definition) is 1. The summed E-state index contributed by atoms with van der Waals surface area (Å²) in [6.45, 7) is 4.91. The molecule has 3 rings (SSSR count). The van der Waals surface area contributed by atoms with Crippen LogP contribution in [0.3, 0.4) is 0 Å². The van der Waals surface area contributed by atoms with Gasteiger partial charge in [0.2, 0.25) is 0 Å². The lowest BCUT2D eigenvalue weighted by molar-refractivity contribution is 0.0350. The van der Waals surface area contributed by atoms with Crippen molar-refractivity contribution in [1.29, 1.82) is 0 Å². The fourth-order valence-corrected chi connectivity index (χ4v) is 3.92. The summed E-state index contributed by atoms with van der Waals surface area (Å²) in [5.41, 5.74) is 4.76. The molecule has 1 aromatic carbocycles. The van der Waals surface area contributed by atoms with Gasteiger partial charge in [-0.05, 0) is 66.2 Å². The van der Waals surface area contributed by atoms with E-state index in [2.05, 4.69) is 46.9 Å². The lowest BCUT2D eigenvalue weighted by Crippen LogP contribution is -2.15. The van der Waals surface area contributed by atoms with Gasteiger partial charge in [-0.15, -0.1) is 0 Å². The molecule has 1 aromatic heterocycles. The smallest absolute Gasteiger partial charge is 0.0978 e. The maximum Gasteiger partial charge on any atom is 0.0978 e. The van der Waals surface area contributed by atoms with Crippen LogP contribution < -0.4 is 0 Å². The lowest BCUT2D eigenvalue weighted by Gasteiger charge is -2.23. The molecule has 2 heterocycles. The third-order valence-corrected chi connectivity index (χ3v) is 5.43. The predicted molar refractivity (Wildman–Crippen MR) is 92.2 cm³/mol. The first-order valence-electron chi connectivity index (χ1n) is 7.35. The molecule has 0 fully saturated rings. The summed E-state index contributed by atoms with van der Waals surface area (Å²) in [4.78, 5) is 3.52. The number of allylic oxidation sites excluding steroid dienone is 2. The summed E-state index contributed by atoms with van der Waals surface area (Å²) >= 11 is 10.2. The first-order chi connectivity index (χ1) is 10.1. The van der Waals surface area contributed by atoms with Crippen LogP contribution in [-0.2, 0) is 11.2 Å². The van der Waals surface area contributed by atoms with E-state index in [1.54, 1.807) is 0 Å². The van der Waals surface area contributed by atoms with Gasteiger partial charge in [0, 0.05) is 15.6 Å². The highest BCUT2D eigenvalue weighted by Crippen LogP contribution is 2.41. The minimum absolute atomic E-state index is 0.139. The zero-order valence-corrected chi connectivity index (χ0v) is 14.6. The standard InChI is InChI=1S/C17H19BrClNO/c1-3-4-5-6-13-16-11(7-8-21-13)14-15(18)10(2)9-12(19)17(14)20-16/h3-4,9,13,20H,5-8H2,1-2H3/b4-3+. The number of H-pyrrole nitrogens is 1. The number of rotatable bonds is 3. The molecule has 112 valence electrons. The van der Waals surface area contributed by atoms with Crippen LogP contribution in [0.5, 0.6) is 0 Å². The van der Waals surface area contributed by atoms with Crippen molar-refractivity contribution < 1.29 is 4.74 Å². The number of ether oxygens (including phenoxy) is 1. The SMILES string of the molecule is C/C=C/CCC1OCCc2c1[nH]c1c(Cl)cc(C)c(Br)c21. The van der Waals surface area contributed by atoms with E-state index in [9.17, 15) is 0 Å². The molecule has 0 radical (unpaired) electrons. The van der Waals surface area contributed by atoms with E-state index in [-0.39, 0.29) is 6.10 Å². The normalized spacial score (nSPS) is 18.6. The second-order valence-electron chi connectivity index (χ2n) is 5.51. The Balaban J connectivity index is 2.10. The van der Waals surface area contributed by atoms with Crippen LogP contribution in [0, 0.1) is 6.92 Å². The van der Waals surface area contributed by atoms with Crippen LogP contribution in [0.2, 0.25) is 5.02 Å². The second kappa shape index (κ2) is 6.15. The fourth-order valence-electron chi connectivity index (χ4n) is 3.07. The molecule has 2 aromatic rings. The Morgan fingerprint density at radius 1 is 1.52 bits per heavy atom. The lowest BCUT2D eigenvalue weighted by atomic mass is 9.99. The molecule has 1 aliphatic rings. The average molecular weight is 369 g/mol. The minimum atomic E-state index is 0.139. The highest BCUT2D eigenvalue weighted by Gasteiger charge is 2.26. The molecule has 1 N–H and O–H groups in total. The van der Waals surface area contributed by atoms with Crippen LogP contribution in [0.25, 0.3) is 10.9 Å². The van der Waals surface area contributed by atoms with Crippen molar-refractivity contribution in [2.45, 2.75) is 39.2 Å². The Kier molecular flexibility index (Phi) is 4.43. The van der Waals surface area contributed by atoms with E-state index in [1.165, 1.54) is 22.2 Å². The van der Waals surface area contributed by atoms with E-state index in [4.69, 9.17) is 16.3 Å². The van der Waals surface area contributed by atoms with Crippen LogP contribution in [0.15, 0.2) is 22.7 Å². The number of aromatic nitrogens is 1. The summed E-state index contributed by atoms with van der Waals surface area (Å²) in [5, 5.41) is 2.02. The number of aromatic amines is 1. The van der Waals surface area contributed by atoms with Gasteiger partial charge in [0.25, 0.3) is 0 Å². The van der Waals surface area contributed by atoms with E-state index in [1.807, 2.05) is 6.07 Å². The van der Waals surface area contributed by atoms with Crippen LogP contribution in [0.1, 0.15) is 42.7 Å². The Bertz CT molecular complexity index is 705. The molecule has 21 heavy (non-hydrogen) atoms. The maximum absolute atomic E-state index is 6.42. The van der Waals surface area contributed by atoms with Gasteiger partial charge < -0.3 is 9.72 Å². The van der Waals surface area contributed by atoms with E-state index in [0.717, 1.165) is 40.9 Å². The number of hydrogen-bond acceptors (Lipinski definition) is 1. The molecule has 1 atom stereocenters. The topological polar surface area (TPSA) is 25.0 Å². The Morgan fingerprint density at radius 2 is 2.33 bits per heavy atom. The van der Waals surface area contributed by atoms with Crippen LogP contribution in [-0.4, -0.2) is 11.6 Å². The van der Waals surface area contributed by atoms with Crippen LogP contribution in [0.4, 0.5) is 0 Å². The zero-order chi connectivity index (χ0) is 15.0. The van der Waals surface area contributed by atoms with Gasteiger partial charge in [-0.1, -0.05) is 23.8 Å². The highest BCUT2D eigenvalue weighted by atomic mass is 79.9. The summed E-state index contributed by atoms with van der Waals surface area (Å²) in [5.74, 6) is 0. The minimum Gasteiger partial charge on any atom is -0.372 e. The van der Waals surface area contributed by atoms with Gasteiger partial charge in [-0.25, -0.2) is 0 Å². The van der Waals surface area contributed by atoms with Gasteiger partial charge in [0.05, 0.1) is 23.3 Å². The summed E-state index contributed by atoms with van der Waals surface area (Å²) in [7, 11) is 0. The van der Waals surface area contributed by atoms with Crippen molar-refractivity contribution in [3.05, 3.63) is 44.5 Å². The summed E-state index contributed by atoms with van der Waals surface area (Å²) < 4.78 is 7.11. The molecule has 0 bridgehead atoms. The summed E-state index contributed by atoms with van der Waals surface area (Å²) in [6.07, 6.45) is 7.38. The molecule has 0 saturated heterocycles. The molecule has 1 unspecified atom stereocenters. The molecule has 0 spiro atoms. The van der Waals surface area contributed by atoms with Gasteiger partial charge >= 0.3 is 0 Å². The van der Waals surface area contributed by atoms with Crippen molar-refractivity contribution in [2.75, 3.05) is 6.61 Å². The zero-order valence-electron chi connectivity index (χ0n) is 12.3. The summed E-state index contributed by atoms with van der Waals surface area (Å²) in [6, 6.07) is 2.01. The maximum atomic E-state index is 6.42. The Morgan fingerprint density at radius 3 is 3.10 bits per heavy atom. The van der Waals surface area contributed by atoms with E-state index >= 15 is 0 Å². The molecule has 0 aliphatic carbocycles. The Hall–Kier alpha value is -0.770. The van der Waals surface area contributed by atoms with Crippen molar-refractivity contribution >= 4 is 38.4 Å². The van der Waals surface area contributed by atoms with Crippen molar-refractivity contribution in [1.82, 2.24) is 4.98 Å². The van der Waals surface area contributed by atoms with E-state index < -0.39 is 0 Å². The third-order valence-electron chi connectivity index (χ3n) is 4.11. The highest BCUT2D eigenvalue weighted by molar-refractivity contribution is 9.10. The molecule has 4 heteroatoms. The van der Waals surface area contributed by atoms with Gasteiger partial charge in [-0.2, -0.15) is 0 Å². The first-order valence-corrected chi connectivity index (χ1v) is 8.52. The fraction of sp³-hybridized carbons (Fsp3) is 0.412. The molecule has 0 saturated carbocycles. The van der Waals surface area contributed by atoms with Crippen LogP contribution >= 0.6 is 27.5 Å². The number of fused-ring (bicyclic) bond motifs is 3. The van der Waals surface area contributed by atoms with Gasteiger partial charge in [0.1, 0.15) is 0 Å². The monoisotopic (exact) mass is 367 g/mol. The number of aryl methyl sites for hydroxylation is 1. The number of nitrogens with one attached hydrogen (secondary N) is 1.